The van der Waals surface area contributed by atoms with Gasteiger partial charge < -0.3 is 15.0 Å². The number of nitrogens with zero attached hydrogens (tertiary/aromatic N) is 1. The Morgan fingerprint density at radius 1 is 1.40 bits per heavy atom. The average Bonchev–Trinajstić information content (AvgIpc) is 2.46. The third-order valence-electron chi connectivity index (χ3n) is 3.50. The van der Waals surface area contributed by atoms with Crippen LogP contribution in [0.4, 0.5) is 11.4 Å². The van der Waals surface area contributed by atoms with Crippen LogP contribution in [0.5, 0.6) is 0 Å². The van der Waals surface area contributed by atoms with Crippen molar-refractivity contribution in [3.63, 3.8) is 0 Å². The Kier molecular flexibility index (Phi) is 4.61. The van der Waals surface area contributed by atoms with E-state index in [4.69, 9.17) is 0 Å². The number of benzene rings is 1. The molecule has 5 nitrogen and oxygen atoms in total. The molecule has 1 N–H and O–H groups in total. The van der Waals surface area contributed by atoms with Crippen LogP contribution in [0.15, 0.2) is 24.3 Å². The summed E-state index contributed by atoms with van der Waals surface area (Å²) in [4.78, 5) is 24.7. The Hall–Kier alpha value is -2.04. The van der Waals surface area contributed by atoms with Gasteiger partial charge in [0.1, 0.15) is 0 Å². The lowest BCUT2D eigenvalue weighted by molar-refractivity contribution is -0.140. The highest BCUT2D eigenvalue weighted by molar-refractivity contribution is 5.96. The molecular formula is C15H20N2O3. The second kappa shape index (κ2) is 6.41. The van der Waals surface area contributed by atoms with Gasteiger partial charge in [-0.15, -0.1) is 0 Å². The second-order valence-electron chi connectivity index (χ2n) is 4.96. The van der Waals surface area contributed by atoms with Crippen LogP contribution >= 0.6 is 0 Å². The molecular weight excluding hydrogens is 256 g/mol. The number of ether oxygens (including phenoxy) is 1. The fourth-order valence-corrected chi connectivity index (χ4v) is 2.47. The van der Waals surface area contributed by atoms with Crippen molar-refractivity contribution in [3.05, 3.63) is 24.3 Å². The molecule has 20 heavy (non-hydrogen) atoms. The van der Waals surface area contributed by atoms with Crippen molar-refractivity contribution in [1.29, 1.82) is 0 Å². The van der Waals surface area contributed by atoms with Gasteiger partial charge in [0.05, 0.1) is 18.5 Å². The van der Waals surface area contributed by atoms with E-state index < -0.39 is 0 Å². The van der Waals surface area contributed by atoms with E-state index in [-0.39, 0.29) is 17.9 Å². The Labute approximate surface area is 118 Å². The minimum atomic E-state index is -0.190. The number of rotatable bonds is 4. The maximum absolute atomic E-state index is 11.8. The first-order chi connectivity index (χ1) is 9.61. The van der Waals surface area contributed by atoms with Crippen molar-refractivity contribution in [2.45, 2.75) is 32.2 Å². The standard InChI is InChI=1S/C15H20N2O3/c1-11(18)17-10-12(6-5-9-15(19)20-2)16-13-7-3-4-8-14(13)17/h3-4,7-8,12,16H,5-6,9-10H2,1-2H3. The van der Waals surface area contributed by atoms with Crippen molar-refractivity contribution in [2.75, 3.05) is 23.9 Å². The van der Waals surface area contributed by atoms with Crippen LogP contribution in [0.1, 0.15) is 26.2 Å². The molecule has 0 aromatic heterocycles. The summed E-state index contributed by atoms with van der Waals surface area (Å²) in [5.41, 5.74) is 1.89. The van der Waals surface area contributed by atoms with Crippen LogP contribution < -0.4 is 10.2 Å². The molecule has 2 rings (SSSR count). The molecule has 1 heterocycles. The van der Waals surface area contributed by atoms with Crippen molar-refractivity contribution >= 4 is 23.3 Å². The number of esters is 1. The number of methoxy groups -OCH3 is 1. The summed E-state index contributed by atoms with van der Waals surface area (Å²) in [5.74, 6) is -0.151. The largest absolute Gasteiger partial charge is 0.469 e. The highest BCUT2D eigenvalue weighted by Crippen LogP contribution is 2.31. The van der Waals surface area contributed by atoms with Gasteiger partial charge >= 0.3 is 5.97 Å². The minimum Gasteiger partial charge on any atom is -0.469 e. The molecule has 1 aliphatic heterocycles. The molecule has 1 aromatic carbocycles. The first kappa shape index (κ1) is 14.4. The zero-order valence-electron chi connectivity index (χ0n) is 11.9. The van der Waals surface area contributed by atoms with Gasteiger partial charge in [-0.3, -0.25) is 9.59 Å². The van der Waals surface area contributed by atoms with E-state index in [1.807, 2.05) is 24.3 Å². The first-order valence-corrected chi connectivity index (χ1v) is 6.82. The lowest BCUT2D eigenvalue weighted by Crippen LogP contribution is -2.43. The van der Waals surface area contributed by atoms with Crippen LogP contribution in [-0.4, -0.2) is 31.6 Å². The van der Waals surface area contributed by atoms with E-state index in [2.05, 4.69) is 10.1 Å². The van der Waals surface area contributed by atoms with E-state index >= 15 is 0 Å². The highest BCUT2D eigenvalue weighted by atomic mass is 16.5. The molecule has 0 saturated carbocycles. The molecule has 0 aliphatic carbocycles. The second-order valence-corrected chi connectivity index (χ2v) is 4.96. The molecule has 0 fully saturated rings. The van der Waals surface area contributed by atoms with Crippen LogP contribution in [-0.2, 0) is 14.3 Å². The molecule has 0 radical (unpaired) electrons. The van der Waals surface area contributed by atoms with E-state index in [9.17, 15) is 9.59 Å². The molecule has 1 aromatic rings. The summed E-state index contributed by atoms with van der Waals surface area (Å²) in [6.45, 7) is 2.21. The average molecular weight is 276 g/mol. The number of carbonyl (C=O) groups is 2. The number of nitrogens with one attached hydrogen (secondary N) is 1. The molecule has 108 valence electrons. The number of hydrogen-bond donors (Lipinski definition) is 1. The van der Waals surface area contributed by atoms with Crippen LogP contribution in [0, 0.1) is 0 Å². The van der Waals surface area contributed by atoms with Crippen molar-refractivity contribution < 1.29 is 14.3 Å². The lowest BCUT2D eigenvalue weighted by Gasteiger charge is -2.35. The normalized spacial score (nSPS) is 17.1. The van der Waals surface area contributed by atoms with Gasteiger partial charge in [0.2, 0.25) is 5.91 Å². The smallest absolute Gasteiger partial charge is 0.305 e. The fourth-order valence-electron chi connectivity index (χ4n) is 2.47. The summed E-state index contributed by atoms with van der Waals surface area (Å²) in [6, 6.07) is 7.94. The predicted molar refractivity (Wildman–Crippen MR) is 77.7 cm³/mol. The van der Waals surface area contributed by atoms with Crippen LogP contribution in [0.2, 0.25) is 0 Å². The summed E-state index contributed by atoms with van der Waals surface area (Å²) >= 11 is 0. The maximum Gasteiger partial charge on any atom is 0.305 e. The Bertz CT molecular complexity index is 502. The van der Waals surface area contributed by atoms with Crippen molar-refractivity contribution in [3.8, 4) is 0 Å². The van der Waals surface area contributed by atoms with Crippen LogP contribution in [0.3, 0.4) is 0 Å². The highest BCUT2D eigenvalue weighted by Gasteiger charge is 2.25. The Balaban J connectivity index is 2.01. The maximum atomic E-state index is 11.8. The quantitative estimate of drug-likeness (QED) is 0.856. The number of hydrogen-bond acceptors (Lipinski definition) is 4. The first-order valence-electron chi connectivity index (χ1n) is 6.82. The summed E-state index contributed by atoms with van der Waals surface area (Å²) < 4.78 is 4.63. The molecule has 5 heteroatoms. The number of fused-ring (bicyclic) bond motifs is 1. The Morgan fingerprint density at radius 2 is 2.15 bits per heavy atom. The third-order valence-corrected chi connectivity index (χ3v) is 3.50. The monoisotopic (exact) mass is 276 g/mol. The zero-order chi connectivity index (χ0) is 14.5. The van der Waals surface area contributed by atoms with E-state index in [1.165, 1.54) is 7.11 Å². The van der Waals surface area contributed by atoms with Gasteiger partial charge in [0, 0.05) is 25.9 Å². The molecule has 1 atom stereocenters. The number of amides is 1. The van der Waals surface area contributed by atoms with Gasteiger partial charge in [-0.2, -0.15) is 0 Å². The van der Waals surface area contributed by atoms with Gasteiger partial charge in [-0.25, -0.2) is 0 Å². The molecule has 1 aliphatic rings. The van der Waals surface area contributed by atoms with Gasteiger partial charge in [-0.1, -0.05) is 12.1 Å². The number of anilines is 2. The topological polar surface area (TPSA) is 58.6 Å². The molecule has 1 amide bonds. The number of para-hydroxylation sites is 2. The van der Waals surface area contributed by atoms with Crippen LogP contribution in [0.25, 0.3) is 0 Å². The third kappa shape index (κ3) is 3.29. The van der Waals surface area contributed by atoms with E-state index in [0.717, 1.165) is 24.2 Å². The van der Waals surface area contributed by atoms with Gasteiger partial charge in [-0.05, 0) is 25.0 Å². The minimum absolute atomic E-state index is 0.0388. The van der Waals surface area contributed by atoms with Gasteiger partial charge in [0.15, 0.2) is 0 Å². The Morgan fingerprint density at radius 3 is 2.85 bits per heavy atom. The molecule has 0 spiro atoms. The fraction of sp³-hybridized carbons (Fsp3) is 0.467. The molecule has 0 bridgehead atoms. The summed E-state index contributed by atoms with van der Waals surface area (Å²) in [5, 5.41) is 3.43. The summed E-state index contributed by atoms with van der Waals surface area (Å²) in [6.07, 6.45) is 1.99. The van der Waals surface area contributed by atoms with Gasteiger partial charge in [0.25, 0.3) is 0 Å². The SMILES string of the molecule is COC(=O)CCCC1CN(C(C)=O)c2ccccc2N1. The number of carbonyl (C=O) groups excluding carboxylic acids is 2. The lowest BCUT2D eigenvalue weighted by atomic mass is 10.0. The zero-order valence-corrected chi connectivity index (χ0v) is 11.9. The predicted octanol–water partition coefficient (Wildman–Crippen LogP) is 2.18. The molecule has 1 unspecified atom stereocenters. The van der Waals surface area contributed by atoms with Crippen molar-refractivity contribution in [1.82, 2.24) is 0 Å². The van der Waals surface area contributed by atoms with E-state index in [1.54, 1.807) is 11.8 Å². The summed E-state index contributed by atoms with van der Waals surface area (Å²) in [7, 11) is 1.40. The van der Waals surface area contributed by atoms with E-state index in [0.29, 0.717) is 13.0 Å². The van der Waals surface area contributed by atoms with Crippen molar-refractivity contribution in [2.24, 2.45) is 0 Å². The molecule has 0 saturated heterocycles.